The van der Waals surface area contributed by atoms with Crippen LogP contribution in [0.4, 0.5) is 5.69 Å². The molecule has 0 saturated heterocycles. The van der Waals surface area contributed by atoms with E-state index in [2.05, 4.69) is 20.9 Å². The molecule has 10 heteroatoms. The maximum Gasteiger partial charge on any atom is 0.262 e. The van der Waals surface area contributed by atoms with Crippen molar-refractivity contribution in [3.63, 3.8) is 0 Å². The smallest absolute Gasteiger partial charge is 0.262 e. The molecule has 32 heavy (non-hydrogen) atoms. The van der Waals surface area contributed by atoms with Gasteiger partial charge in [0.25, 0.3) is 5.91 Å². The minimum absolute atomic E-state index is 0.199. The SMILES string of the molecule is CCOc1cc(CNn2c(CC)n[nH]c2=S)cc(Cl)c1OCC(=O)Nc1ccc(C)cc1. The van der Waals surface area contributed by atoms with Crippen molar-refractivity contribution < 1.29 is 14.3 Å². The summed E-state index contributed by atoms with van der Waals surface area (Å²) in [6.07, 6.45) is 0.725. The Labute approximate surface area is 196 Å². The molecule has 0 saturated carbocycles. The number of benzene rings is 2. The van der Waals surface area contributed by atoms with Crippen LogP contribution in [-0.2, 0) is 17.8 Å². The number of aromatic amines is 1. The summed E-state index contributed by atoms with van der Waals surface area (Å²) in [6, 6.07) is 11.1. The lowest BCUT2D eigenvalue weighted by Gasteiger charge is -2.16. The van der Waals surface area contributed by atoms with Gasteiger partial charge in [0.15, 0.2) is 23.9 Å². The fourth-order valence-electron chi connectivity index (χ4n) is 3.00. The van der Waals surface area contributed by atoms with Crippen molar-refractivity contribution in [2.45, 2.75) is 33.7 Å². The minimum atomic E-state index is -0.292. The van der Waals surface area contributed by atoms with Gasteiger partial charge in [-0.25, -0.2) is 4.68 Å². The van der Waals surface area contributed by atoms with Crippen molar-refractivity contribution in [3.05, 3.63) is 63.1 Å². The number of hydrogen-bond acceptors (Lipinski definition) is 6. The Hall–Kier alpha value is -3.04. The van der Waals surface area contributed by atoms with Gasteiger partial charge in [-0.3, -0.25) is 9.89 Å². The van der Waals surface area contributed by atoms with Crippen LogP contribution >= 0.6 is 23.8 Å². The number of hydrogen-bond donors (Lipinski definition) is 3. The van der Waals surface area contributed by atoms with Crippen LogP contribution in [0.25, 0.3) is 0 Å². The number of aryl methyl sites for hydroxylation is 2. The lowest BCUT2D eigenvalue weighted by atomic mass is 10.2. The van der Waals surface area contributed by atoms with E-state index in [9.17, 15) is 4.79 Å². The molecule has 0 aliphatic carbocycles. The summed E-state index contributed by atoms with van der Waals surface area (Å²) in [4.78, 5) is 12.3. The van der Waals surface area contributed by atoms with Crippen molar-refractivity contribution in [3.8, 4) is 11.5 Å². The van der Waals surface area contributed by atoms with Gasteiger partial charge >= 0.3 is 0 Å². The van der Waals surface area contributed by atoms with Gasteiger partial charge in [0, 0.05) is 12.1 Å². The van der Waals surface area contributed by atoms with Gasteiger partial charge in [0.1, 0.15) is 0 Å². The summed E-state index contributed by atoms with van der Waals surface area (Å²) in [7, 11) is 0. The molecule has 0 radical (unpaired) electrons. The predicted molar refractivity (Wildman–Crippen MR) is 128 cm³/mol. The highest BCUT2D eigenvalue weighted by Gasteiger charge is 2.15. The largest absolute Gasteiger partial charge is 0.490 e. The second-order valence-electron chi connectivity index (χ2n) is 7.01. The topological polar surface area (TPSA) is 93.2 Å². The quantitative estimate of drug-likeness (QED) is 0.370. The Morgan fingerprint density at radius 2 is 1.97 bits per heavy atom. The predicted octanol–water partition coefficient (Wildman–Crippen LogP) is 4.62. The van der Waals surface area contributed by atoms with E-state index < -0.39 is 0 Å². The third kappa shape index (κ3) is 6.02. The molecule has 0 unspecified atom stereocenters. The average Bonchev–Trinajstić information content (AvgIpc) is 3.13. The molecule has 0 aliphatic heterocycles. The van der Waals surface area contributed by atoms with E-state index in [0.717, 1.165) is 23.4 Å². The number of aromatic nitrogens is 3. The summed E-state index contributed by atoms with van der Waals surface area (Å²) in [5.41, 5.74) is 5.90. The molecule has 0 aliphatic rings. The van der Waals surface area contributed by atoms with Crippen LogP contribution in [0.1, 0.15) is 30.8 Å². The number of H-pyrrole nitrogens is 1. The molecule has 1 amide bonds. The Bertz CT molecular complexity index is 1130. The first-order valence-electron chi connectivity index (χ1n) is 10.3. The van der Waals surface area contributed by atoms with E-state index in [-0.39, 0.29) is 12.5 Å². The molecule has 3 aromatic rings. The molecule has 2 aromatic carbocycles. The normalized spacial score (nSPS) is 10.6. The molecule has 3 N–H and O–H groups in total. The summed E-state index contributed by atoms with van der Waals surface area (Å²) in [5.74, 6) is 1.29. The van der Waals surface area contributed by atoms with Crippen LogP contribution < -0.4 is 20.2 Å². The first-order chi connectivity index (χ1) is 15.4. The monoisotopic (exact) mass is 475 g/mol. The van der Waals surface area contributed by atoms with Gasteiger partial charge in [0.05, 0.1) is 18.2 Å². The van der Waals surface area contributed by atoms with E-state index in [1.165, 1.54) is 0 Å². The highest BCUT2D eigenvalue weighted by atomic mass is 35.5. The fraction of sp³-hybridized carbons (Fsp3) is 0.318. The van der Waals surface area contributed by atoms with Crippen LogP contribution in [0.3, 0.4) is 0 Å². The molecular weight excluding hydrogens is 450 g/mol. The van der Waals surface area contributed by atoms with Crippen LogP contribution in [0, 0.1) is 11.7 Å². The van der Waals surface area contributed by atoms with Gasteiger partial charge in [-0.15, -0.1) is 0 Å². The summed E-state index contributed by atoms with van der Waals surface area (Å²) in [5, 5.41) is 10.1. The molecule has 0 spiro atoms. The second-order valence-corrected chi connectivity index (χ2v) is 7.80. The summed E-state index contributed by atoms with van der Waals surface area (Å²) >= 11 is 11.7. The van der Waals surface area contributed by atoms with Crippen molar-refractivity contribution in [1.82, 2.24) is 14.9 Å². The maximum absolute atomic E-state index is 12.3. The lowest BCUT2D eigenvalue weighted by Crippen LogP contribution is -2.20. The highest BCUT2D eigenvalue weighted by molar-refractivity contribution is 7.71. The first kappa shape index (κ1) is 23.6. The fourth-order valence-corrected chi connectivity index (χ4v) is 3.50. The van der Waals surface area contributed by atoms with E-state index in [1.807, 2.05) is 51.1 Å². The van der Waals surface area contributed by atoms with E-state index in [4.69, 9.17) is 33.3 Å². The van der Waals surface area contributed by atoms with Crippen molar-refractivity contribution in [2.75, 3.05) is 24.0 Å². The van der Waals surface area contributed by atoms with E-state index in [0.29, 0.717) is 40.1 Å². The number of nitrogens with one attached hydrogen (secondary N) is 3. The Balaban J connectivity index is 1.69. The first-order valence-corrected chi connectivity index (χ1v) is 11.0. The molecule has 1 heterocycles. The lowest BCUT2D eigenvalue weighted by molar-refractivity contribution is -0.118. The van der Waals surface area contributed by atoms with Gasteiger partial charge in [-0.1, -0.05) is 36.2 Å². The Morgan fingerprint density at radius 1 is 1.22 bits per heavy atom. The van der Waals surface area contributed by atoms with Crippen LogP contribution in [0.5, 0.6) is 11.5 Å². The zero-order valence-corrected chi connectivity index (χ0v) is 19.8. The van der Waals surface area contributed by atoms with Gasteiger partial charge in [0.2, 0.25) is 4.77 Å². The number of halogens is 1. The van der Waals surface area contributed by atoms with Crippen molar-refractivity contribution in [1.29, 1.82) is 0 Å². The zero-order valence-electron chi connectivity index (χ0n) is 18.2. The third-order valence-electron chi connectivity index (χ3n) is 4.55. The molecule has 170 valence electrons. The number of carbonyl (C=O) groups excluding carboxylic acids is 1. The van der Waals surface area contributed by atoms with Gasteiger partial charge in [-0.05, 0) is 55.9 Å². The second kappa shape index (κ2) is 11.0. The molecule has 0 fully saturated rings. The molecule has 0 atom stereocenters. The number of carbonyl (C=O) groups is 1. The van der Waals surface area contributed by atoms with Crippen LogP contribution in [-0.4, -0.2) is 34.0 Å². The number of anilines is 1. The van der Waals surface area contributed by atoms with Crippen LogP contribution in [0.2, 0.25) is 5.02 Å². The summed E-state index contributed by atoms with van der Waals surface area (Å²) < 4.78 is 13.6. The standard InChI is InChI=1S/C22H26ClN5O3S/c1-4-19-26-27-22(32)28(19)24-12-15-10-17(23)21(18(11-15)30-5-2)31-13-20(29)25-16-8-6-14(3)7-9-16/h6-11,24H,4-5,12-13H2,1-3H3,(H,25,29)(H,27,32). The van der Waals surface area contributed by atoms with Gasteiger partial charge < -0.3 is 20.2 Å². The van der Waals surface area contributed by atoms with Gasteiger partial charge in [-0.2, -0.15) is 5.10 Å². The Morgan fingerprint density at radius 3 is 2.66 bits per heavy atom. The number of ether oxygens (including phenoxy) is 2. The molecule has 3 rings (SSSR count). The number of amides is 1. The van der Waals surface area contributed by atoms with E-state index >= 15 is 0 Å². The zero-order chi connectivity index (χ0) is 23.1. The van der Waals surface area contributed by atoms with Crippen molar-refractivity contribution in [2.24, 2.45) is 0 Å². The Kier molecular flexibility index (Phi) is 8.13. The average molecular weight is 476 g/mol. The molecule has 8 nitrogen and oxygen atoms in total. The maximum atomic E-state index is 12.3. The molecule has 0 bridgehead atoms. The highest BCUT2D eigenvalue weighted by Crippen LogP contribution is 2.36. The van der Waals surface area contributed by atoms with E-state index in [1.54, 1.807) is 10.7 Å². The summed E-state index contributed by atoms with van der Waals surface area (Å²) in [6.45, 7) is 6.51. The molecule has 1 aromatic heterocycles. The number of rotatable bonds is 10. The number of nitrogens with zero attached hydrogens (tertiary/aromatic N) is 2. The van der Waals surface area contributed by atoms with Crippen LogP contribution in [0.15, 0.2) is 36.4 Å². The molecular formula is C22H26ClN5O3S. The minimum Gasteiger partial charge on any atom is -0.490 e. The van der Waals surface area contributed by atoms with Crippen molar-refractivity contribution >= 4 is 35.4 Å². The third-order valence-corrected chi connectivity index (χ3v) is 5.11.